The topological polar surface area (TPSA) is 64.1 Å². The molecule has 1 aliphatic heterocycles. The lowest BCUT2D eigenvalue weighted by molar-refractivity contribution is 0.176. The van der Waals surface area contributed by atoms with Crippen LogP contribution in [0.1, 0.15) is 56.5 Å². The van der Waals surface area contributed by atoms with Crippen LogP contribution in [0.15, 0.2) is 35.1 Å². The van der Waals surface area contributed by atoms with Crippen LogP contribution in [0.3, 0.4) is 0 Å². The van der Waals surface area contributed by atoms with Crippen LogP contribution in [0.2, 0.25) is 0 Å². The van der Waals surface area contributed by atoms with Crippen molar-refractivity contribution in [1.29, 1.82) is 0 Å². The van der Waals surface area contributed by atoms with Crippen molar-refractivity contribution in [2.24, 2.45) is 5.41 Å². The standard InChI is InChI=1S/C22H29BrN4OS/c1-15-20(24-14-18(23)25-15)27-11-9-22(10-12-27)13-16-7-5-6-8-17(16)19(22)26-29(28)21(2,3)4/h5-8,14,19,26H,9-13H2,1-4H3/t19-,29-/m1/s1. The van der Waals surface area contributed by atoms with Crippen LogP contribution in [-0.4, -0.2) is 32.4 Å². The van der Waals surface area contributed by atoms with E-state index in [1.807, 2.05) is 27.7 Å². The van der Waals surface area contributed by atoms with Crippen molar-refractivity contribution < 1.29 is 4.55 Å². The van der Waals surface area contributed by atoms with Crippen LogP contribution < -0.4 is 9.62 Å². The minimum atomic E-state index is -1.10. The number of hydrogen-bond acceptors (Lipinski definition) is 5. The fourth-order valence-electron chi connectivity index (χ4n) is 4.65. The normalized spacial score (nSPS) is 22.0. The van der Waals surface area contributed by atoms with Crippen LogP contribution in [0.25, 0.3) is 0 Å². The van der Waals surface area contributed by atoms with Crippen LogP contribution >= 0.6 is 15.9 Å². The predicted octanol–water partition coefficient (Wildman–Crippen LogP) is 4.48. The number of aromatic nitrogens is 2. The van der Waals surface area contributed by atoms with Gasteiger partial charge in [-0.25, -0.2) is 9.97 Å². The Hall–Kier alpha value is -1.15. The lowest BCUT2D eigenvalue weighted by Crippen LogP contribution is -2.50. The van der Waals surface area contributed by atoms with E-state index in [1.165, 1.54) is 11.1 Å². The van der Waals surface area contributed by atoms with Gasteiger partial charge in [-0.05, 0) is 74.0 Å². The molecule has 0 amide bonds. The first-order valence-electron chi connectivity index (χ1n) is 10.2. The van der Waals surface area contributed by atoms with Gasteiger partial charge in [-0.2, -0.15) is 0 Å². The maximum Gasteiger partial charge on any atom is 0.150 e. The Balaban J connectivity index is 1.58. The fraction of sp³-hybridized carbons (Fsp3) is 0.545. The Morgan fingerprint density at radius 2 is 1.93 bits per heavy atom. The third-order valence-electron chi connectivity index (χ3n) is 6.25. The molecule has 2 aromatic rings. The summed E-state index contributed by atoms with van der Waals surface area (Å²) < 4.78 is 17.0. The Morgan fingerprint density at radius 3 is 2.59 bits per heavy atom. The van der Waals surface area contributed by atoms with Crippen molar-refractivity contribution in [1.82, 2.24) is 14.7 Å². The van der Waals surface area contributed by atoms with Gasteiger partial charge in [0.15, 0.2) is 0 Å². The molecule has 156 valence electrons. The summed E-state index contributed by atoms with van der Waals surface area (Å²) in [5.74, 6) is 0.973. The van der Waals surface area contributed by atoms with Crippen molar-refractivity contribution in [3.8, 4) is 0 Å². The number of fused-ring (bicyclic) bond motifs is 1. The Morgan fingerprint density at radius 1 is 1.24 bits per heavy atom. The average Bonchev–Trinajstić information content (AvgIpc) is 2.95. The molecule has 29 heavy (non-hydrogen) atoms. The molecule has 5 nitrogen and oxygen atoms in total. The van der Waals surface area contributed by atoms with E-state index in [1.54, 1.807) is 6.20 Å². The molecule has 0 radical (unpaired) electrons. The molecule has 0 bridgehead atoms. The van der Waals surface area contributed by atoms with Crippen LogP contribution in [0.4, 0.5) is 5.82 Å². The highest BCUT2D eigenvalue weighted by molar-refractivity contribution is 9.10. The van der Waals surface area contributed by atoms with Crippen molar-refractivity contribution in [2.75, 3.05) is 18.0 Å². The van der Waals surface area contributed by atoms with Gasteiger partial charge in [0.1, 0.15) is 15.2 Å². The number of anilines is 1. The first kappa shape index (κ1) is 21.1. The molecular formula is C22H29BrN4OS. The van der Waals surface area contributed by atoms with E-state index in [9.17, 15) is 4.55 Å². The molecule has 2 heterocycles. The third-order valence-corrected chi connectivity index (χ3v) is 8.20. The second-order valence-electron chi connectivity index (χ2n) is 9.26. The minimum Gasteiger partial charge on any atom is -0.598 e. The second kappa shape index (κ2) is 7.84. The van der Waals surface area contributed by atoms with Gasteiger partial charge in [-0.3, -0.25) is 0 Å². The van der Waals surface area contributed by atoms with Gasteiger partial charge in [0, 0.05) is 29.9 Å². The molecule has 1 saturated heterocycles. The van der Waals surface area contributed by atoms with E-state index >= 15 is 0 Å². The van der Waals surface area contributed by atoms with Gasteiger partial charge in [0.2, 0.25) is 0 Å². The number of benzene rings is 1. The van der Waals surface area contributed by atoms with Gasteiger partial charge in [-0.1, -0.05) is 24.3 Å². The number of halogens is 1. The lowest BCUT2D eigenvalue weighted by Gasteiger charge is -2.44. The van der Waals surface area contributed by atoms with Gasteiger partial charge in [-0.15, -0.1) is 4.72 Å². The zero-order valence-electron chi connectivity index (χ0n) is 17.5. The number of nitrogens with one attached hydrogen (secondary N) is 1. The molecule has 2 aliphatic rings. The minimum absolute atomic E-state index is 0.0950. The molecule has 1 aliphatic carbocycles. The summed E-state index contributed by atoms with van der Waals surface area (Å²) in [7, 11) is 0. The van der Waals surface area contributed by atoms with Crippen molar-refractivity contribution in [2.45, 2.75) is 57.7 Å². The highest BCUT2D eigenvalue weighted by Gasteiger charge is 2.50. The van der Waals surface area contributed by atoms with Crippen LogP contribution in [0, 0.1) is 12.3 Å². The number of nitrogens with zero attached hydrogens (tertiary/aromatic N) is 3. The van der Waals surface area contributed by atoms with Gasteiger partial charge in [0.25, 0.3) is 0 Å². The third kappa shape index (κ3) is 4.07. The zero-order valence-corrected chi connectivity index (χ0v) is 19.9. The van der Waals surface area contributed by atoms with Gasteiger partial charge >= 0.3 is 0 Å². The molecule has 1 spiro atoms. The summed E-state index contributed by atoms with van der Waals surface area (Å²) in [5.41, 5.74) is 3.76. The average molecular weight is 477 g/mol. The Kier molecular flexibility index (Phi) is 5.70. The number of piperidine rings is 1. The number of hydrogen-bond donors (Lipinski definition) is 1. The molecule has 1 fully saturated rings. The van der Waals surface area contributed by atoms with E-state index in [2.05, 4.69) is 59.8 Å². The van der Waals surface area contributed by atoms with Gasteiger partial charge < -0.3 is 9.45 Å². The first-order valence-corrected chi connectivity index (χ1v) is 12.1. The van der Waals surface area contributed by atoms with E-state index in [4.69, 9.17) is 0 Å². The van der Waals surface area contributed by atoms with Crippen molar-refractivity contribution in [3.63, 3.8) is 0 Å². The number of aryl methyl sites for hydroxylation is 1. The summed E-state index contributed by atoms with van der Waals surface area (Å²) in [6.07, 6.45) is 4.89. The number of rotatable bonds is 3. The largest absolute Gasteiger partial charge is 0.598 e. The second-order valence-corrected chi connectivity index (χ2v) is 12.1. The first-order chi connectivity index (χ1) is 13.7. The quantitative estimate of drug-likeness (QED) is 0.661. The van der Waals surface area contributed by atoms with Crippen LogP contribution in [-0.2, 0) is 17.8 Å². The molecule has 0 saturated carbocycles. The summed E-state index contributed by atoms with van der Waals surface area (Å²) in [5, 5.41) is 0. The molecule has 1 aromatic heterocycles. The van der Waals surface area contributed by atoms with E-state index in [-0.39, 0.29) is 16.2 Å². The fourth-order valence-corrected chi connectivity index (χ4v) is 5.96. The lowest BCUT2D eigenvalue weighted by atomic mass is 9.73. The highest BCUT2D eigenvalue weighted by Crippen LogP contribution is 2.52. The molecule has 1 aromatic carbocycles. The summed E-state index contributed by atoms with van der Waals surface area (Å²) >= 11 is 2.30. The Labute approximate surface area is 185 Å². The molecule has 2 atom stereocenters. The molecule has 0 unspecified atom stereocenters. The monoisotopic (exact) mass is 476 g/mol. The molecular weight excluding hydrogens is 448 g/mol. The maximum atomic E-state index is 13.0. The van der Waals surface area contributed by atoms with Gasteiger partial charge in [0.05, 0.1) is 17.9 Å². The smallest absolute Gasteiger partial charge is 0.150 e. The molecule has 1 N–H and O–H groups in total. The Bertz CT molecular complexity index is 893. The molecule has 4 rings (SSSR count). The van der Waals surface area contributed by atoms with Crippen molar-refractivity contribution in [3.05, 3.63) is 51.9 Å². The van der Waals surface area contributed by atoms with E-state index < -0.39 is 11.4 Å². The summed E-state index contributed by atoms with van der Waals surface area (Å²) in [4.78, 5) is 11.5. The summed E-state index contributed by atoms with van der Waals surface area (Å²) in [6.45, 7) is 9.97. The zero-order chi connectivity index (χ0) is 20.8. The summed E-state index contributed by atoms with van der Waals surface area (Å²) in [6, 6.07) is 8.78. The predicted molar refractivity (Wildman–Crippen MR) is 122 cm³/mol. The SMILES string of the molecule is Cc1nc(Br)cnc1N1CCC2(CC1)Cc1ccccc1[C@H]2N[S@+]([O-])C(C)(C)C. The molecule has 7 heteroatoms. The van der Waals surface area contributed by atoms with Crippen molar-refractivity contribution >= 4 is 33.1 Å². The van der Waals surface area contributed by atoms with Crippen LogP contribution in [0.5, 0.6) is 0 Å². The maximum absolute atomic E-state index is 13.0. The van der Waals surface area contributed by atoms with E-state index in [0.29, 0.717) is 0 Å². The highest BCUT2D eigenvalue weighted by atomic mass is 79.9. The van der Waals surface area contributed by atoms with E-state index in [0.717, 1.165) is 48.5 Å².